The zero-order valence-electron chi connectivity index (χ0n) is 14.9. The molecule has 0 radical (unpaired) electrons. The summed E-state index contributed by atoms with van der Waals surface area (Å²) in [5.41, 5.74) is 2.98. The number of esters is 1. The van der Waals surface area contributed by atoms with Crippen LogP contribution in [0.1, 0.15) is 58.0 Å². The molecule has 1 aromatic heterocycles. The van der Waals surface area contributed by atoms with Gasteiger partial charge in [-0.05, 0) is 49.1 Å². The third-order valence-corrected chi connectivity index (χ3v) is 6.81. The second-order valence-electron chi connectivity index (χ2n) is 7.17. The first kappa shape index (κ1) is 17.3. The Labute approximate surface area is 157 Å². The fraction of sp³-hybridized carbons (Fsp3) is 0.429. The van der Waals surface area contributed by atoms with Crippen LogP contribution in [0.25, 0.3) is 0 Å². The lowest BCUT2D eigenvalue weighted by molar-refractivity contribution is -0.122. The van der Waals surface area contributed by atoms with E-state index in [9.17, 15) is 9.59 Å². The molecule has 0 unspecified atom stereocenters. The number of ether oxygens (including phenoxy) is 1. The van der Waals surface area contributed by atoms with Gasteiger partial charge in [0.05, 0.1) is 12.7 Å². The molecule has 26 heavy (non-hydrogen) atoms. The molecule has 1 fully saturated rings. The standard InChI is InChI=1S/C21H23NO3S/c1-25-21(24)18-16-11-10-15(13-6-3-2-4-7-13)12-17(16)26-20(18)22-19(23)14-8-5-9-14/h2-4,6-7,14-15H,5,8-12H2,1H3,(H,22,23)/t15-/m0/s1. The lowest BCUT2D eigenvalue weighted by Gasteiger charge is -2.24. The van der Waals surface area contributed by atoms with Crippen LogP contribution in [-0.4, -0.2) is 19.0 Å². The van der Waals surface area contributed by atoms with Crippen molar-refractivity contribution in [3.05, 3.63) is 51.9 Å². The Morgan fingerprint density at radius 2 is 1.92 bits per heavy atom. The zero-order chi connectivity index (χ0) is 18.1. The number of carbonyl (C=O) groups excluding carboxylic acids is 2. The fourth-order valence-corrected chi connectivity index (χ4v) is 5.20. The average Bonchev–Trinajstić information content (AvgIpc) is 2.97. The summed E-state index contributed by atoms with van der Waals surface area (Å²) in [6.45, 7) is 0. The molecule has 1 saturated carbocycles. The van der Waals surface area contributed by atoms with Crippen LogP contribution in [0.2, 0.25) is 0 Å². The summed E-state index contributed by atoms with van der Waals surface area (Å²) >= 11 is 1.55. The number of anilines is 1. The van der Waals surface area contributed by atoms with Crippen LogP contribution in [0, 0.1) is 5.92 Å². The van der Waals surface area contributed by atoms with E-state index in [1.165, 1.54) is 17.6 Å². The number of fused-ring (bicyclic) bond motifs is 1. The number of methoxy groups -OCH3 is 1. The van der Waals surface area contributed by atoms with Gasteiger partial charge in [-0.1, -0.05) is 36.8 Å². The average molecular weight is 369 g/mol. The third-order valence-electron chi connectivity index (χ3n) is 5.64. The van der Waals surface area contributed by atoms with E-state index >= 15 is 0 Å². The molecule has 1 aromatic carbocycles. The van der Waals surface area contributed by atoms with Crippen LogP contribution < -0.4 is 5.32 Å². The van der Waals surface area contributed by atoms with Gasteiger partial charge < -0.3 is 10.1 Å². The molecule has 0 bridgehead atoms. The molecular weight excluding hydrogens is 346 g/mol. The molecule has 1 N–H and O–H groups in total. The molecule has 0 saturated heterocycles. The monoisotopic (exact) mass is 369 g/mol. The number of hydrogen-bond acceptors (Lipinski definition) is 4. The predicted molar refractivity (Wildman–Crippen MR) is 103 cm³/mol. The van der Waals surface area contributed by atoms with Gasteiger partial charge in [0, 0.05) is 10.8 Å². The first-order chi connectivity index (χ1) is 12.7. The molecule has 2 aliphatic carbocycles. The molecule has 2 aromatic rings. The normalized spacial score (nSPS) is 19.3. The van der Waals surface area contributed by atoms with Crippen molar-refractivity contribution >= 4 is 28.2 Å². The molecular formula is C21H23NO3S. The van der Waals surface area contributed by atoms with Gasteiger partial charge in [-0.2, -0.15) is 0 Å². The maximum atomic E-state index is 12.4. The Hall–Kier alpha value is -2.14. The maximum Gasteiger partial charge on any atom is 0.341 e. The highest BCUT2D eigenvalue weighted by Gasteiger charge is 2.32. The predicted octanol–water partition coefficient (Wildman–Crippen LogP) is 4.55. The first-order valence-electron chi connectivity index (χ1n) is 9.26. The van der Waals surface area contributed by atoms with E-state index < -0.39 is 0 Å². The summed E-state index contributed by atoms with van der Waals surface area (Å²) in [7, 11) is 1.40. The summed E-state index contributed by atoms with van der Waals surface area (Å²) in [6.07, 6.45) is 5.76. The van der Waals surface area contributed by atoms with E-state index in [1.54, 1.807) is 11.3 Å². The highest BCUT2D eigenvalue weighted by atomic mass is 32.1. The van der Waals surface area contributed by atoms with E-state index in [1.807, 2.05) is 6.07 Å². The van der Waals surface area contributed by atoms with Crippen LogP contribution in [0.15, 0.2) is 30.3 Å². The minimum absolute atomic E-state index is 0.0413. The smallest absolute Gasteiger partial charge is 0.341 e. The van der Waals surface area contributed by atoms with E-state index in [-0.39, 0.29) is 17.8 Å². The van der Waals surface area contributed by atoms with Gasteiger partial charge in [0.15, 0.2) is 0 Å². The Morgan fingerprint density at radius 3 is 2.58 bits per heavy atom. The molecule has 1 amide bonds. The number of carbonyl (C=O) groups is 2. The van der Waals surface area contributed by atoms with Crippen molar-refractivity contribution in [3.8, 4) is 0 Å². The minimum atomic E-state index is -0.343. The van der Waals surface area contributed by atoms with E-state index in [0.717, 1.165) is 44.1 Å². The second kappa shape index (κ2) is 7.23. The Balaban J connectivity index is 1.62. The van der Waals surface area contributed by atoms with Crippen LogP contribution in [0.4, 0.5) is 5.00 Å². The van der Waals surface area contributed by atoms with Gasteiger partial charge in [-0.15, -0.1) is 11.3 Å². The number of thiophene rings is 1. The van der Waals surface area contributed by atoms with Crippen molar-refractivity contribution < 1.29 is 14.3 Å². The third kappa shape index (κ3) is 3.16. The largest absolute Gasteiger partial charge is 0.465 e. The summed E-state index contributed by atoms with van der Waals surface area (Å²) < 4.78 is 5.01. The molecule has 0 aliphatic heterocycles. The van der Waals surface area contributed by atoms with Crippen molar-refractivity contribution in [1.82, 2.24) is 0 Å². The molecule has 4 nitrogen and oxygen atoms in total. The van der Waals surface area contributed by atoms with Gasteiger partial charge in [0.25, 0.3) is 0 Å². The van der Waals surface area contributed by atoms with Crippen LogP contribution in [0.3, 0.4) is 0 Å². The highest BCUT2D eigenvalue weighted by Crippen LogP contribution is 2.43. The summed E-state index contributed by atoms with van der Waals surface area (Å²) in [4.78, 5) is 26.0. The van der Waals surface area contributed by atoms with Crippen molar-refractivity contribution in [3.63, 3.8) is 0 Å². The molecule has 2 aliphatic rings. The summed E-state index contributed by atoms with van der Waals surface area (Å²) in [5.74, 6) is 0.254. The molecule has 1 atom stereocenters. The van der Waals surface area contributed by atoms with Crippen molar-refractivity contribution in [2.75, 3.05) is 12.4 Å². The number of benzene rings is 1. The summed E-state index contributed by atoms with van der Waals surface area (Å²) in [5, 5.41) is 3.69. The number of hydrogen-bond donors (Lipinski definition) is 1. The number of nitrogens with one attached hydrogen (secondary N) is 1. The highest BCUT2D eigenvalue weighted by molar-refractivity contribution is 7.17. The van der Waals surface area contributed by atoms with Gasteiger partial charge in [-0.25, -0.2) is 4.79 Å². The van der Waals surface area contributed by atoms with Gasteiger partial charge in [0.1, 0.15) is 5.00 Å². The number of amides is 1. The van der Waals surface area contributed by atoms with E-state index in [0.29, 0.717) is 16.5 Å². The van der Waals surface area contributed by atoms with Crippen LogP contribution in [-0.2, 0) is 22.4 Å². The molecule has 0 spiro atoms. The van der Waals surface area contributed by atoms with Crippen molar-refractivity contribution in [1.29, 1.82) is 0 Å². The topological polar surface area (TPSA) is 55.4 Å². The quantitative estimate of drug-likeness (QED) is 0.805. The SMILES string of the molecule is COC(=O)c1c(NC(=O)C2CCC2)sc2c1CC[C@H](c1ccccc1)C2. The summed E-state index contributed by atoms with van der Waals surface area (Å²) in [6, 6.07) is 10.5. The van der Waals surface area contributed by atoms with Crippen molar-refractivity contribution in [2.24, 2.45) is 5.92 Å². The number of rotatable bonds is 4. The zero-order valence-corrected chi connectivity index (χ0v) is 15.7. The minimum Gasteiger partial charge on any atom is -0.465 e. The van der Waals surface area contributed by atoms with Gasteiger partial charge >= 0.3 is 5.97 Å². The van der Waals surface area contributed by atoms with Gasteiger partial charge in [0.2, 0.25) is 5.91 Å². The molecule has 1 heterocycles. The maximum absolute atomic E-state index is 12.4. The Morgan fingerprint density at radius 1 is 1.15 bits per heavy atom. The Kier molecular flexibility index (Phi) is 4.81. The Bertz CT molecular complexity index is 823. The fourth-order valence-electron chi connectivity index (χ4n) is 3.89. The van der Waals surface area contributed by atoms with Crippen LogP contribution in [0.5, 0.6) is 0 Å². The van der Waals surface area contributed by atoms with Crippen molar-refractivity contribution in [2.45, 2.75) is 44.4 Å². The lowest BCUT2D eigenvalue weighted by Crippen LogP contribution is -2.28. The molecule has 5 heteroatoms. The lowest BCUT2D eigenvalue weighted by atomic mass is 9.83. The molecule has 136 valence electrons. The van der Waals surface area contributed by atoms with E-state index in [2.05, 4.69) is 29.6 Å². The second-order valence-corrected chi connectivity index (χ2v) is 8.27. The van der Waals surface area contributed by atoms with Gasteiger partial charge in [-0.3, -0.25) is 4.79 Å². The molecule has 4 rings (SSSR count). The van der Waals surface area contributed by atoms with Crippen LogP contribution >= 0.6 is 11.3 Å². The first-order valence-corrected chi connectivity index (χ1v) is 10.1. The van der Waals surface area contributed by atoms with E-state index in [4.69, 9.17) is 4.74 Å².